The Balaban J connectivity index is 1.78. The van der Waals surface area contributed by atoms with Crippen LogP contribution in [0.4, 0.5) is 11.4 Å². The molecule has 0 saturated carbocycles. The van der Waals surface area contributed by atoms with Gasteiger partial charge in [0.05, 0.1) is 23.4 Å². The molecule has 4 rings (SSSR count). The number of ether oxygens (including phenoxy) is 1. The number of hydrogen-bond donors (Lipinski definition) is 1. The van der Waals surface area contributed by atoms with Crippen LogP contribution < -0.4 is 14.4 Å². The summed E-state index contributed by atoms with van der Waals surface area (Å²) in [5, 5.41) is 2.90. The lowest BCUT2D eigenvalue weighted by molar-refractivity contribution is 0.102. The average Bonchev–Trinajstić information content (AvgIpc) is 2.74. The lowest BCUT2D eigenvalue weighted by Gasteiger charge is -2.31. The van der Waals surface area contributed by atoms with Crippen molar-refractivity contribution in [2.24, 2.45) is 0 Å². The van der Waals surface area contributed by atoms with Gasteiger partial charge in [0.2, 0.25) is 0 Å². The Labute approximate surface area is 176 Å². The summed E-state index contributed by atoms with van der Waals surface area (Å²) in [6.45, 7) is 4.03. The second kappa shape index (κ2) is 7.50. The molecule has 1 N–H and O–H groups in total. The number of rotatable bonds is 4. The maximum absolute atomic E-state index is 13.0. The molecule has 30 heavy (non-hydrogen) atoms. The Bertz CT molecular complexity index is 1250. The molecule has 154 valence electrons. The fraction of sp³-hybridized carbons (Fsp3) is 0.174. The Hall–Kier alpha value is -3.32. The van der Waals surface area contributed by atoms with E-state index in [1.165, 1.54) is 4.31 Å². The number of nitrogens with zero attached hydrogens (tertiary/aromatic N) is 1. The number of nitrogens with one attached hydrogen (secondary N) is 1. The molecule has 0 bridgehead atoms. The summed E-state index contributed by atoms with van der Waals surface area (Å²) in [5.74, 6) is 0.274. The molecular weight excluding hydrogens is 400 g/mol. The van der Waals surface area contributed by atoms with Gasteiger partial charge in [-0.15, -0.1) is 0 Å². The summed E-state index contributed by atoms with van der Waals surface area (Å²) in [6.07, 6.45) is 0. The van der Waals surface area contributed by atoms with Crippen molar-refractivity contribution in [2.45, 2.75) is 18.7 Å². The van der Waals surface area contributed by atoms with Crippen molar-refractivity contribution in [1.82, 2.24) is 0 Å². The first kappa shape index (κ1) is 20.0. The molecule has 1 heterocycles. The number of amides is 1. The second-order valence-corrected chi connectivity index (χ2v) is 8.89. The first-order valence-electron chi connectivity index (χ1n) is 9.59. The minimum absolute atomic E-state index is 0.247. The van der Waals surface area contributed by atoms with Crippen LogP contribution in [-0.2, 0) is 10.0 Å². The second-order valence-electron chi connectivity index (χ2n) is 7.06. The molecule has 1 aliphatic rings. The monoisotopic (exact) mass is 422 g/mol. The van der Waals surface area contributed by atoms with Gasteiger partial charge in [-0.1, -0.05) is 24.3 Å². The highest BCUT2D eigenvalue weighted by Gasteiger charge is 2.34. The minimum atomic E-state index is -3.63. The van der Waals surface area contributed by atoms with E-state index in [9.17, 15) is 13.2 Å². The number of sulfonamides is 1. The van der Waals surface area contributed by atoms with Crippen molar-refractivity contribution in [3.05, 3.63) is 71.8 Å². The van der Waals surface area contributed by atoms with Crippen LogP contribution in [-0.4, -0.2) is 28.0 Å². The van der Waals surface area contributed by atoms with Crippen LogP contribution in [0.3, 0.4) is 0 Å². The van der Waals surface area contributed by atoms with E-state index in [0.29, 0.717) is 40.4 Å². The Morgan fingerprint density at radius 3 is 2.53 bits per heavy atom. The molecule has 1 aliphatic heterocycles. The molecular formula is C23H22N2O4S. The van der Waals surface area contributed by atoms with E-state index in [1.54, 1.807) is 62.6 Å². The SMILES string of the molecule is CCN1c2ccc(C(=O)Nc3cc(C)ccc3OC)cc2-c2ccccc2S1(=O)=O. The van der Waals surface area contributed by atoms with E-state index in [1.807, 2.05) is 19.1 Å². The van der Waals surface area contributed by atoms with E-state index >= 15 is 0 Å². The zero-order chi connectivity index (χ0) is 21.5. The van der Waals surface area contributed by atoms with Gasteiger partial charge in [0, 0.05) is 23.2 Å². The third-order valence-electron chi connectivity index (χ3n) is 5.16. The zero-order valence-electron chi connectivity index (χ0n) is 17.0. The number of carbonyl (C=O) groups is 1. The number of anilines is 2. The zero-order valence-corrected chi connectivity index (χ0v) is 17.8. The highest BCUT2D eigenvalue weighted by atomic mass is 32.2. The normalized spacial score (nSPS) is 13.9. The molecule has 0 fully saturated rings. The number of carbonyl (C=O) groups excluding carboxylic acids is 1. The van der Waals surface area contributed by atoms with Crippen LogP contribution in [0.1, 0.15) is 22.8 Å². The number of fused-ring (bicyclic) bond motifs is 3. The topological polar surface area (TPSA) is 75.7 Å². The van der Waals surface area contributed by atoms with Gasteiger partial charge in [-0.2, -0.15) is 0 Å². The summed E-state index contributed by atoms with van der Waals surface area (Å²) in [5.41, 5.74) is 3.89. The molecule has 0 unspecified atom stereocenters. The fourth-order valence-electron chi connectivity index (χ4n) is 3.73. The summed E-state index contributed by atoms with van der Waals surface area (Å²) in [7, 11) is -2.07. The standard InChI is InChI=1S/C23H22N2O4S/c1-4-25-20-11-10-16(23(26)24-19-13-15(2)9-12-21(19)29-3)14-18(20)17-7-5-6-8-22(17)30(25,27)28/h5-14H,4H2,1-3H3,(H,24,26). The maximum Gasteiger partial charge on any atom is 0.264 e. The number of hydrogen-bond acceptors (Lipinski definition) is 4. The maximum atomic E-state index is 13.0. The number of methoxy groups -OCH3 is 1. The van der Waals surface area contributed by atoms with Gasteiger partial charge in [0.1, 0.15) is 5.75 Å². The predicted octanol–water partition coefficient (Wildman–Crippen LogP) is 4.45. The summed E-state index contributed by atoms with van der Waals surface area (Å²) < 4.78 is 32.7. The van der Waals surface area contributed by atoms with Crippen LogP contribution >= 0.6 is 0 Å². The minimum Gasteiger partial charge on any atom is -0.495 e. The van der Waals surface area contributed by atoms with Gasteiger partial charge in [0.25, 0.3) is 15.9 Å². The van der Waals surface area contributed by atoms with E-state index < -0.39 is 10.0 Å². The molecule has 7 heteroatoms. The van der Waals surface area contributed by atoms with Crippen molar-refractivity contribution in [3.8, 4) is 16.9 Å². The van der Waals surface area contributed by atoms with Gasteiger partial charge in [-0.05, 0) is 55.8 Å². The highest BCUT2D eigenvalue weighted by Crippen LogP contribution is 2.43. The third kappa shape index (κ3) is 3.21. The van der Waals surface area contributed by atoms with E-state index in [0.717, 1.165) is 5.56 Å². The van der Waals surface area contributed by atoms with Crippen molar-refractivity contribution < 1.29 is 17.9 Å². The van der Waals surface area contributed by atoms with Crippen LogP contribution in [0.5, 0.6) is 5.75 Å². The van der Waals surface area contributed by atoms with Gasteiger partial charge >= 0.3 is 0 Å². The van der Waals surface area contributed by atoms with Gasteiger partial charge < -0.3 is 10.1 Å². The van der Waals surface area contributed by atoms with Gasteiger partial charge in [-0.25, -0.2) is 8.42 Å². The summed E-state index contributed by atoms with van der Waals surface area (Å²) in [4.78, 5) is 13.2. The Morgan fingerprint density at radius 1 is 1.03 bits per heavy atom. The molecule has 0 radical (unpaired) electrons. The lowest BCUT2D eigenvalue weighted by Crippen LogP contribution is -2.34. The first-order valence-corrected chi connectivity index (χ1v) is 11.0. The lowest BCUT2D eigenvalue weighted by atomic mass is 10.00. The molecule has 0 aromatic heterocycles. The van der Waals surface area contributed by atoms with Crippen molar-refractivity contribution >= 4 is 27.3 Å². The Kier molecular flexibility index (Phi) is 4.99. The molecule has 0 aliphatic carbocycles. The van der Waals surface area contributed by atoms with Crippen LogP contribution in [0, 0.1) is 6.92 Å². The predicted molar refractivity (Wildman–Crippen MR) is 118 cm³/mol. The van der Waals surface area contributed by atoms with Crippen LogP contribution in [0.25, 0.3) is 11.1 Å². The van der Waals surface area contributed by atoms with Gasteiger partial charge in [-0.3, -0.25) is 9.10 Å². The van der Waals surface area contributed by atoms with Crippen LogP contribution in [0.15, 0.2) is 65.6 Å². The quantitative estimate of drug-likeness (QED) is 0.674. The molecule has 0 atom stereocenters. The molecule has 0 spiro atoms. The molecule has 0 saturated heterocycles. The van der Waals surface area contributed by atoms with E-state index in [2.05, 4.69) is 5.32 Å². The smallest absolute Gasteiger partial charge is 0.264 e. The third-order valence-corrected chi connectivity index (χ3v) is 7.11. The molecule has 6 nitrogen and oxygen atoms in total. The first-order chi connectivity index (χ1) is 14.4. The molecule has 1 amide bonds. The summed E-state index contributed by atoms with van der Waals surface area (Å²) >= 11 is 0. The van der Waals surface area contributed by atoms with E-state index in [4.69, 9.17) is 4.74 Å². The van der Waals surface area contributed by atoms with Crippen molar-refractivity contribution in [3.63, 3.8) is 0 Å². The number of benzene rings is 3. The number of aryl methyl sites for hydroxylation is 1. The van der Waals surface area contributed by atoms with E-state index in [-0.39, 0.29) is 10.8 Å². The average molecular weight is 423 g/mol. The van der Waals surface area contributed by atoms with Crippen LogP contribution in [0.2, 0.25) is 0 Å². The van der Waals surface area contributed by atoms with Crippen molar-refractivity contribution in [2.75, 3.05) is 23.3 Å². The van der Waals surface area contributed by atoms with Gasteiger partial charge in [0.15, 0.2) is 0 Å². The largest absolute Gasteiger partial charge is 0.495 e. The van der Waals surface area contributed by atoms with Crippen molar-refractivity contribution in [1.29, 1.82) is 0 Å². The molecule has 3 aromatic rings. The Morgan fingerprint density at radius 2 is 1.80 bits per heavy atom. The molecule has 3 aromatic carbocycles. The summed E-state index contributed by atoms with van der Waals surface area (Å²) in [6, 6.07) is 17.5. The highest BCUT2D eigenvalue weighted by molar-refractivity contribution is 7.93. The fourth-order valence-corrected chi connectivity index (χ4v) is 5.43.